The first kappa shape index (κ1) is 16.9. The molecule has 2 atom stereocenters. The highest BCUT2D eigenvalue weighted by Gasteiger charge is 2.28. The monoisotopic (exact) mass is 320 g/mol. The lowest BCUT2D eigenvalue weighted by Crippen LogP contribution is -2.45. The van der Waals surface area contributed by atoms with Crippen molar-refractivity contribution >= 4 is 17.5 Å². The molecule has 1 aromatic rings. The zero-order chi connectivity index (χ0) is 16.8. The van der Waals surface area contributed by atoms with Gasteiger partial charge in [-0.1, -0.05) is 0 Å². The molecule has 2 rings (SSSR count). The minimum absolute atomic E-state index is 0.00794. The fraction of sp³-hybridized carbons (Fsp3) is 0.467. The smallest absolute Gasteiger partial charge is 0.408 e. The number of hydrogen-bond acceptors (Lipinski definition) is 6. The van der Waals surface area contributed by atoms with E-state index in [0.717, 1.165) is 19.5 Å². The molecular formula is C15H20N4O4. The maximum atomic E-state index is 11.9. The average Bonchev–Trinajstić information content (AvgIpc) is 3.04. The van der Waals surface area contributed by atoms with Crippen LogP contribution in [-0.4, -0.2) is 35.9 Å². The third-order valence-corrected chi connectivity index (χ3v) is 3.83. The summed E-state index contributed by atoms with van der Waals surface area (Å²) in [6.07, 6.45) is 0.315. The predicted molar refractivity (Wildman–Crippen MR) is 84.6 cm³/mol. The van der Waals surface area contributed by atoms with E-state index in [4.69, 9.17) is 10.1 Å². The van der Waals surface area contributed by atoms with Gasteiger partial charge in [-0.25, -0.2) is 4.79 Å². The van der Waals surface area contributed by atoms with Gasteiger partial charge in [0.2, 0.25) is 0 Å². The zero-order valence-corrected chi connectivity index (χ0v) is 12.9. The molecule has 8 heteroatoms. The minimum atomic E-state index is -0.591. The number of ether oxygens (including phenoxy) is 1. The van der Waals surface area contributed by atoms with Crippen LogP contribution in [0.5, 0.6) is 0 Å². The molecule has 0 saturated carbocycles. The summed E-state index contributed by atoms with van der Waals surface area (Å²) in [5.74, 6) is 0.194. The van der Waals surface area contributed by atoms with Crippen molar-refractivity contribution in [1.82, 2.24) is 10.6 Å². The van der Waals surface area contributed by atoms with Gasteiger partial charge in [-0.15, -0.1) is 0 Å². The Morgan fingerprint density at radius 3 is 2.74 bits per heavy atom. The molecule has 0 bridgehead atoms. The van der Waals surface area contributed by atoms with Crippen molar-refractivity contribution in [2.24, 2.45) is 5.92 Å². The molecule has 23 heavy (non-hydrogen) atoms. The minimum Gasteiger partial charge on any atom is -0.445 e. The summed E-state index contributed by atoms with van der Waals surface area (Å²) in [5, 5.41) is 24.3. The van der Waals surface area contributed by atoms with Crippen LogP contribution in [0.3, 0.4) is 0 Å². The molecule has 3 N–H and O–H groups in total. The summed E-state index contributed by atoms with van der Waals surface area (Å²) in [7, 11) is 0. The van der Waals surface area contributed by atoms with E-state index in [-0.39, 0.29) is 24.3 Å². The Bertz CT molecular complexity index is 582. The average molecular weight is 320 g/mol. The van der Waals surface area contributed by atoms with Gasteiger partial charge in [0.1, 0.15) is 6.61 Å². The standard InChI is InChI=1S/C15H20N4O4/c1-10(16)14(12-6-7-17-8-12)18-15(20)23-9-11-2-4-13(5-3-11)19(21)22/h2-5,12,14,16-17H,6-9H2,1H3,(H,18,20)/t12-,14?/m0/s1. The first-order chi connectivity index (χ1) is 11.0. The van der Waals surface area contributed by atoms with Gasteiger partial charge >= 0.3 is 6.09 Å². The Morgan fingerprint density at radius 1 is 1.52 bits per heavy atom. The maximum Gasteiger partial charge on any atom is 0.408 e. The van der Waals surface area contributed by atoms with Gasteiger partial charge < -0.3 is 20.8 Å². The molecule has 0 radical (unpaired) electrons. The van der Waals surface area contributed by atoms with Crippen molar-refractivity contribution in [2.45, 2.75) is 26.0 Å². The molecule has 8 nitrogen and oxygen atoms in total. The van der Waals surface area contributed by atoms with E-state index in [0.29, 0.717) is 11.3 Å². The van der Waals surface area contributed by atoms with Gasteiger partial charge in [0.25, 0.3) is 5.69 Å². The molecule has 1 aromatic carbocycles. The van der Waals surface area contributed by atoms with Crippen molar-refractivity contribution in [1.29, 1.82) is 5.41 Å². The molecule has 0 aromatic heterocycles. The van der Waals surface area contributed by atoms with Crippen LogP contribution in [0.1, 0.15) is 18.9 Å². The highest BCUT2D eigenvalue weighted by molar-refractivity contribution is 5.88. The number of hydrogen-bond donors (Lipinski definition) is 3. The van der Waals surface area contributed by atoms with Crippen molar-refractivity contribution in [3.05, 3.63) is 39.9 Å². The van der Waals surface area contributed by atoms with E-state index in [2.05, 4.69) is 10.6 Å². The summed E-state index contributed by atoms with van der Waals surface area (Å²) in [6.45, 7) is 3.34. The molecule has 1 unspecified atom stereocenters. The number of alkyl carbamates (subject to hydrolysis) is 1. The van der Waals surface area contributed by atoms with Crippen molar-refractivity contribution in [2.75, 3.05) is 13.1 Å². The van der Waals surface area contributed by atoms with Crippen LogP contribution >= 0.6 is 0 Å². The maximum absolute atomic E-state index is 11.9. The topological polar surface area (TPSA) is 117 Å². The van der Waals surface area contributed by atoms with Crippen LogP contribution < -0.4 is 10.6 Å². The number of nitro benzene ring substituents is 1. The first-order valence-electron chi connectivity index (χ1n) is 7.39. The summed E-state index contributed by atoms with van der Waals surface area (Å²) in [6, 6.07) is 5.49. The Hall–Kier alpha value is -2.48. The third kappa shape index (κ3) is 4.75. The molecule has 124 valence electrons. The largest absolute Gasteiger partial charge is 0.445 e. The van der Waals surface area contributed by atoms with Crippen LogP contribution in [0.25, 0.3) is 0 Å². The van der Waals surface area contributed by atoms with E-state index in [1.54, 1.807) is 19.1 Å². The van der Waals surface area contributed by atoms with E-state index in [9.17, 15) is 14.9 Å². The number of nitrogens with zero attached hydrogens (tertiary/aromatic N) is 1. The molecule has 1 amide bonds. The lowest BCUT2D eigenvalue weighted by Gasteiger charge is -2.23. The molecule has 1 fully saturated rings. The number of benzene rings is 1. The molecule has 1 heterocycles. The van der Waals surface area contributed by atoms with Crippen LogP contribution in [-0.2, 0) is 11.3 Å². The van der Waals surface area contributed by atoms with E-state index >= 15 is 0 Å². The normalized spacial score (nSPS) is 18.2. The van der Waals surface area contributed by atoms with Gasteiger partial charge in [0.15, 0.2) is 0 Å². The fourth-order valence-electron chi connectivity index (χ4n) is 2.57. The Morgan fingerprint density at radius 2 is 2.22 bits per heavy atom. The van der Waals surface area contributed by atoms with Crippen LogP contribution in [0.4, 0.5) is 10.5 Å². The highest BCUT2D eigenvalue weighted by Crippen LogP contribution is 2.15. The molecule has 1 aliphatic rings. The van der Waals surface area contributed by atoms with E-state index in [1.165, 1.54) is 12.1 Å². The third-order valence-electron chi connectivity index (χ3n) is 3.83. The molecule has 0 spiro atoms. The molecule has 0 aliphatic carbocycles. The van der Waals surface area contributed by atoms with Gasteiger partial charge in [0.05, 0.1) is 11.0 Å². The predicted octanol–water partition coefficient (Wildman–Crippen LogP) is 1.84. The van der Waals surface area contributed by atoms with Gasteiger partial charge in [-0.2, -0.15) is 0 Å². The Kier molecular flexibility index (Phi) is 5.64. The number of carbonyl (C=O) groups is 1. The number of amides is 1. The summed E-state index contributed by atoms with van der Waals surface area (Å²) < 4.78 is 5.13. The zero-order valence-electron chi connectivity index (χ0n) is 12.9. The van der Waals surface area contributed by atoms with Gasteiger partial charge in [-0.05, 0) is 43.5 Å². The van der Waals surface area contributed by atoms with Crippen molar-refractivity contribution in [3.63, 3.8) is 0 Å². The lowest BCUT2D eigenvalue weighted by molar-refractivity contribution is -0.384. The Labute approximate surface area is 133 Å². The SMILES string of the molecule is CC(=N)C(NC(=O)OCc1ccc([N+](=O)[O-])cc1)[C@H]1CCNC1. The van der Waals surface area contributed by atoms with Crippen LogP contribution in [0, 0.1) is 21.4 Å². The summed E-state index contributed by atoms with van der Waals surface area (Å²) >= 11 is 0. The number of non-ortho nitro benzene ring substituents is 1. The highest BCUT2D eigenvalue weighted by atomic mass is 16.6. The second-order valence-corrected chi connectivity index (χ2v) is 5.56. The van der Waals surface area contributed by atoms with Crippen LogP contribution in [0.2, 0.25) is 0 Å². The quantitative estimate of drug-likeness (QED) is 0.420. The lowest BCUT2D eigenvalue weighted by atomic mass is 9.95. The summed E-state index contributed by atoms with van der Waals surface area (Å²) in [4.78, 5) is 22.0. The number of rotatable bonds is 6. The van der Waals surface area contributed by atoms with Gasteiger partial charge in [-0.3, -0.25) is 10.1 Å². The Balaban J connectivity index is 1.85. The van der Waals surface area contributed by atoms with Crippen molar-refractivity contribution < 1.29 is 14.5 Å². The van der Waals surface area contributed by atoms with Crippen LogP contribution in [0.15, 0.2) is 24.3 Å². The van der Waals surface area contributed by atoms with Gasteiger partial charge in [0, 0.05) is 24.4 Å². The fourth-order valence-corrected chi connectivity index (χ4v) is 2.57. The number of nitrogens with one attached hydrogen (secondary N) is 3. The van der Waals surface area contributed by atoms with Crippen molar-refractivity contribution in [3.8, 4) is 0 Å². The molecule has 1 aliphatic heterocycles. The number of nitro groups is 1. The second-order valence-electron chi connectivity index (χ2n) is 5.56. The molecule has 1 saturated heterocycles. The van der Waals surface area contributed by atoms with E-state index < -0.39 is 11.0 Å². The van der Waals surface area contributed by atoms with E-state index in [1.807, 2.05) is 0 Å². The molecular weight excluding hydrogens is 300 g/mol. The second kappa shape index (κ2) is 7.68. The first-order valence-corrected chi connectivity index (χ1v) is 7.39. The summed E-state index contributed by atoms with van der Waals surface area (Å²) in [5.41, 5.74) is 1.05. The number of carbonyl (C=O) groups excluding carboxylic acids is 1.